The molecule has 0 saturated carbocycles. The van der Waals surface area contributed by atoms with E-state index < -0.39 is 6.61 Å². The Kier molecular flexibility index (Phi) is 5.43. The van der Waals surface area contributed by atoms with Crippen LogP contribution in [0.4, 0.5) is 8.78 Å². The fourth-order valence-corrected chi connectivity index (χ4v) is 3.54. The number of hydrogen-bond donors (Lipinski definition) is 0. The Morgan fingerprint density at radius 1 is 1.28 bits per heavy atom. The Morgan fingerprint density at radius 3 is 2.80 bits per heavy atom. The van der Waals surface area contributed by atoms with Crippen molar-refractivity contribution in [2.24, 2.45) is 0 Å². The topological polar surface area (TPSA) is 83.2 Å². The van der Waals surface area contributed by atoms with Gasteiger partial charge in [-0.05, 0) is 25.1 Å². The first kappa shape index (κ1) is 17.5. The molecule has 0 bridgehead atoms. The van der Waals surface area contributed by atoms with Crippen LogP contribution in [0.15, 0.2) is 27.1 Å². The number of benzene rings is 1. The summed E-state index contributed by atoms with van der Waals surface area (Å²) in [5.74, 6) is 1.28. The molecule has 3 aromatic rings. The zero-order chi connectivity index (χ0) is 17.8. The van der Waals surface area contributed by atoms with Gasteiger partial charge in [-0.3, -0.25) is 0 Å². The van der Waals surface area contributed by atoms with Crippen molar-refractivity contribution in [2.45, 2.75) is 23.6 Å². The summed E-state index contributed by atoms with van der Waals surface area (Å²) in [5.41, 5.74) is 0.560. The lowest BCUT2D eigenvalue weighted by Crippen LogP contribution is -2.03. The van der Waals surface area contributed by atoms with E-state index in [0.29, 0.717) is 23.0 Å². The summed E-state index contributed by atoms with van der Waals surface area (Å²) in [5, 5.41) is 12.7. The minimum atomic E-state index is -2.93. The normalized spacial score (nSPS) is 11.1. The molecule has 0 amide bonds. The third-order valence-electron chi connectivity index (χ3n) is 2.93. The fraction of sp³-hybridized carbons (Fsp3) is 0.286. The van der Waals surface area contributed by atoms with Crippen LogP contribution in [-0.2, 0) is 5.75 Å². The molecule has 0 aliphatic heterocycles. The average molecular weight is 386 g/mol. The van der Waals surface area contributed by atoms with Gasteiger partial charge < -0.3 is 14.0 Å². The van der Waals surface area contributed by atoms with Crippen LogP contribution in [0.25, 0.3) is 11.4 Å². The van der Waals surface area contributed by atoms with Gasteiger partial charge in [-0.25, -0.2) is 0 Å². The van der Waals surface area contributed by atoms with Gasteiger partial charge in [-0.1, -0.05) is 28.3 Å². The van der Waals surface area contributed by atoms with Crippen LogP contribution in [0.3, 0.4) is 0 Å². The van der Waals surface area contributed by atoms with E-state index in [0.717, 1.165) is 9.35 Å². The summed E-state index contributed by atoms with van der Waals surface area (Å²) >= 11 is 2.92. The molecule has 0 saturated heterocycles. The molecule has 0 fully saturated rings. The first-order valence-corrected chi connectivity index (χ1v) is 8.74. The number of alkyl halides is 2. The first-order valence-electron chi connectivity index (χ1n) is 6.94. The molecule has 0 atom stereocenters. The summed E-state index contributed by atoms with van der Waals surface area (Å²) in [6, 6.07) is 4.43. The molecule has 0 spiro atoms. The van der Waals surface area contributed by atoms with Crippen molar-refractivity contribution in [3.8, 4) is 22.9 Å². The highest BCUT2D eigenvalue weighted by atomic mass is 32.2. The number of rotatable bonds is 7. The molecule has 0 N–H and O–H groups in total. The molecule has 0 unspecified atom stereocenters. The minimum Gasteiger partial charge on any atom is -0.493 e. The summed E-state index contributed by atoms with van der Waals surface area (Å²) < 4.78 is 40.2. The lowest BCUT2D eigenvalue weighted by atomic mass is 10.2. The highest BCUT2D eigenvalue weighted by Gasteiger charge is 2.15. The molecule has 0 radical (unpaired) electrons. The van der Waals surface area contributed by atoms with E-state index in [2.05, 4.69) is 25.1 Å². The molecule has 0 aliphatic rings. The quantitative estimate of drug-likeness (QED) is 0.567. The maximum Gasteiger partial charge on any atom is 0.387 e. The summed E-state index contributed by atoms with van der Waals surface area (Å²) in [6.45, 7) is -1.06. The van der Waals surface area contributed by atoms with Crippen LogP contribution in [0.1, 0.15) is 10.9 Å². The summed E-state index contributed by atoms with van der Waals surface area (Å²) in [6.07, 6.45) is 0. The molecule has 2 aromatic heterocycles. The van der Waals surface area contributed by atoms with Crippen LogP contribution >= 0.6 is 23.1 Å². The summed E-state index contributed by atoms with van der Waals surface area (Å²) in [4.78, 5) is 4.28. The maximum absolute atomic E-state index is 12.4. The van der Waals surface area contributed by atoms with Gasteiger partial charge in [0.15, 0.2) is 15.8 Å². The number of aryl methyl sites for hydroxylation is 1. The monoisotopic (exact) mass is 386 g/mol. The number of aromatic nitrogens is 4. The second-order valence-corrected chi connectivity index (χ2v) is 7.04. The number of thioether (sulfide) groups is 1. The zero-order valence-electron chi connectivity index (χ0n) is 13.1. The fourth-order valence-electron chi connectivity index (χ4n) is 1.89. The molecule has 3 rings (SSSR count). The van der Waals surface area contributed by atoms with Crippen molar-refractivity contribution in [3.63, 3.8) is 0 Å². The largest absolute Gasteiger partial charge is 0.493 e. The van der Waals surface area contributed by atoms with Gasteiger partial charge in [-0.2, -0.15) is 13.8 Å². The van der Waals surface area contributed by atoms with E-state index in [1.54, 1.807) is 6.07 Å². The zero-order valence-corrected chi connectivity index (χ0v) is 14.7. The number of nitrogens with zero attached hydrogens (tertiary/aromatic N) is 4. The SMILES string of the molecule is COc1cc(-c2noc(CSc3nnc(C)s3)n2)ccc1OC(F)F. The van der Waals surface area contributed by atoms with Gasteiger partial charge >= 0.3 is 6.61 Å². The van der Waals surface area contributed by atoms with Crippen LogP contribution in [0.5, 0.6) is 11.5 Å². The standard InChI is InChI=1S/C14H12F2N4O3S2/c1-7-18-19-14(25-7)24-6-11-17-12(20-23-11)8-3-4-9(22-13(15)16)10(5-8)21-2/h3-5,13H,6H2,1-2H3. The minimum absolute atomic E-state index is 0.0628. The molecule has 132 valence electrons. The smallest absolute Gasteiger partial charge is 0.387 e. The van der Waals surface area contributed by atoms with Gasteiger partial charge in [0.05, 0.1) is 12.9 Å². The Bertz CT molecular complexity index is 856. The Morgan fingerprint density at radius 2 is 2.12 bits per heavy atom. The molecular formula is C14H12F2N4O3S2. The van der Waals surface area contributed by atoms with Crippen molar-refractivity contribution in [1.29, 1.82) is 0 Å². The molecule has 2 heterocycles. The lowest BCUT2D eigenvalue weighted by molar-refractivity contribution is -0.0512. The number of methoxy groups -OCH3 is 1. The molecule has 1 aromatic carbocycles. The van der Waals surface area contributed by atoms with Crippen molar-refractivity contribution >= 4 is 23.1 Å². The predicted octanol–water partition coefficient (Wildman–Crippen LogP) is 3.80. The van der Waals surface area contributed by atoms with E-state index in [1.165, 1.54) is 42.3 Å². The average Bonchev–Trinajstić information content (AvgIpc) is 3.22. The van der Waals surface area contributed by atoms with E-state index in [9.17, 15) is 8.78 Å². The van der Waals surface area contributed by atoms with Crippen molar-refractivity contribution in [3.05, 3.63) is 29.1 Å². The van der Waals surface area contributed by atoms with Crippen molar-refractivity contribution < 1.29 is 22.8 Å². The molecule has 11 heteroatoms. The van der Waals surface area contributed by atoms with E-state index in [4.69, 9.17) is 9.26 Å². The van der Waals surface area contributed by atoms with Crippen LogP contribution in [-0.4, -0.2) is 34.1 Å². The number of hydrogen-bond acceptors (Lipinski definition) is 9. The highest BCUT2D eigenvalue weighted by Crippen LogP contribution is 2.33. The number of ether oxygens (including phenoxy) is 2. The second-order valence-electron chi connectivity index (χ2n) is 4.63. The Hall–Kier alpha value is -2.27. The van der Waals surface area contributed by atoms with Crippen molar-refractivity contribution in [2.75, 3.05) is 7.11 Å². The second kappa shape index (κ2) is 7.74. The third kappa shape index (κ3) is 4.42. The lowest BCUT2D eigenvalue weighted by Gasteiger charge is -2.10. The third-order valence-corrected chi connectivity index (χ3v) is 4.89. The van der Waals surface area contributed by atoms with E-state index in [-0.39, 0.29) is 11.5 Å². The van der Waals surface area contributed by atoms with Crippen LogP contribution in [0, 0.1) is 6.92 Å². The molecule has 7 nitrogen and oxygen atoms in total. The van der Waals surface area contributed by atoms with E-state index in [1.807, 2.05) is 6.92 Å². The van der Waals surface area contributed by atoms with Gasteiger partial charge in [-0.15, -0.1) is 10.2 Å². The first-order chi connectivity index (χ1) is 12.0. The predicted molar refractivity (Wildman–Crippen MR) is 87.1 cm³/mol. The molecular weight excluding hydrogens is 374 g/mol. The Balaban J connectivity index is 1.72. The number of halogens is 2. The van der Waals surface area contributed by atoms with Gasteiger partial charge in [0.2, 0.25) is 11.7 Å². The Labute approximate surface area is 149 Å². The maximum atomic E-state index is 12.4. The molecule has 25 heavy (non-hydrogen) atoms. The van der Waals surface area contributed by atoms with Gasteiger partial charge in [0.25, 0.3) is 0 Å². The summed E-state index contributed by atoms with van der Waals surface area (Å²) in [7, 11) is 1.36. The van der Waals surface area contributed by atoms with Crippen LogP contribution < -0.4 is 9.47 Å². The van der Waals surface area contributed by atoms with Crippen LogP contribution in [0.2, 0.25) is 0 Å². The van der Waals surface area contributed by atoms with E-state index >= 15 is 0 Å². The highest BCUT2D eigenvalue weighted by molar-refractivity contribution is 8.00. The molecule has 0 aliphatic carbocycles. The van der Waals surface area contributed by atoms with Crippen molar-refractivity contribution in [1.82, 2.24) is 20.3 Å². The van der Waals surface area contributed by atoms with Gasteiger partial charge in [0.1, 0.15) is 5.01 Å². The van der Waals surface area contributed by atoms with Gasteiger partial charge in [0, 0.05) is 5.56 Å².